The Labute approximate surface area is 148 Å². The Morgan fingerprint density at radius 3 is 2.24 bits per heavy atom. The average Bonchev–Trinajstić information content (AvgIpc) is 3.10. The Kier molecular flexibility index (Phi) is 6.36. The predicted molar refractivity (Wildman–Crippen MR) is 96.1 cm³/mol. The number of nitrogens with one attached hydrogen (secondary N) is 2. The van der Waals surface area contributed by atoms with Crippen molar-refractivity contribution in [3.63, 3.8) is 0 Å². The lowest BCUT2D eigenvalue weighted by atomic mass is 9.99. The summed E-state index contributed by atoms with van der Waals surface area (Å²) in [6, 6.07) is 12.4. The summed E-state index contributed by atoms with van der Waals surface area (Å²) in [6.45, 7) is 3.60. The first-order valence-electron chi connectivity index (χ1n) is 8.26. The second-order valence-corrected chi connectivity index (χ2v) is 6.29. The first-order valence-corrected chi connectivity index (χ1v) is 8.26. The molecule has 0 aliphatic heterocycles. The van der Waals surface area contributed by atoms with Gasteiger partial charge in [-0.25, -0.2) is 0 Å². The fourth-order valence-electron chi connectivity index (χ4n) is 2.85. The smallest absolute Gasteiger partial charge is 0.287 e. The van der Waals surface area contributed by atoms with Gasteiger partial charge in [0.05, 0.1) is 12.3 Å². The average molecular weight is 343 g/mol. The summed E-state index contributed by atoms with van der Waals surface area (Å²) < 4.78 is 5.03. The van der Waals surface area contributed by atoms with Crippen LogP contribution in [-0.4, -0.2) is 42.9 Å². The molecule has 0 fully saturated rings. The summed E-state index contributed by atoms with van der Waals surface area (Å²) in [5.74, 6) is -0.467. The highest BCUT2D eigenvalue weighted by Crippen LogP contribution is 2.21. The van der Waals surface area contributed by atoms with E-state index in [0.717, 1.165) is 5.56 Å². The molecule has 0 bridgehead atoms. The van der Waals surface area contributed by atoms with Crippen molar-refractivity contribution in [3.8, 4) is 0 Å². The maximum atomic E-state index is 12.4. The van der Waals surface area contributed by atoms with Crippen molar-refractivity contribution in [1.82, 2.24) is 15.5 Å². The van der Waals surface area contributed by atoms with E-state index in [1.807, 2.05) is 51.4 Å². The van der Waals surface area contributed by atoms with Gasteiger partial charge in [0.2, 0.25) is 5.91 Å². The third-order valence-electron chi connectivity index (χ3n) is 4.03. The Bertz CT molecular complexity index is 683. The van der Waals surface area contributed by atoms with E-state index < -0.39 is 11.9 Å². The third-order valence-corrected chi connectivity index (χ3v) is 4.03. The van der Waals surface area contributed by atoms with E-state index in [1.165, 1.54) is 6.26 Å². The zero-order valence-electron chi connectivity index (χ0n) is 15.0. The van der Waals surface area contributed by atoms with Gasteiger partial charge in [-0.15, -0.1) is 0 Å². The number of hydrogen-bond donors (Lipinski definition) is 2. The molecule has 0 spiro atoms. The second-order valence-electron chi connectivity index (χ2n) is 6.29. The first-order chi connectivity index (χ1) is 11.9. The maximum absolute atomic E-state index is 12.4. The summed E-state index contributed by atoms with van der Waals surface area (Å²) in [5, 5.41) is 5.62. The molecule has 1 aromatic carbocycles. The topological polar surface area (TPSA) is 74.6 Å². The number of hydrogen-bond acceptors (Lipinski definition) is 4. The standard InChI is InChI=1S/C19H25N3O3/c1-13(17(22(3)4)15-9-6-5-7-10-15)20-18(23)14(2)21-19(24)16-11-8-12-25-16/h5-14,17H,1-4H3,(H,20,23)(H,21,24)/t13-,14+,17-/m1/s1. The number of carbonyl (C=O) groups is 2. The molecule has 25 heavy (non-hydrogen) atoms. The van der Waals surface area contributed by atoms with Crippen LogP contribution in [0.15, 0.2) is 53.1 Å². The number of likely N-dealkylation sites (N-methyl/N-ethyl adjacent to an activating group) is 1. The van der Waals surface area contributed by atoms with Crippen molar-refractivity contribution in [2.45, 2.75) is 32.0 Å². The van der Waals surface area contributed by atoms with Crippen LogP contribution in [0.3, 0.4) is 0 Å². The van der Waals surface area contributed by atoms with Gasteiger partial charge >= 0.3 is 0 Å². The largest absolute Gasteiger partial charge is 0.459 e. The Hall–Kier alpha value is -2.60. The number of amides is 2. The molecule has 0 radical (unpaired) electrons. The minimum Gasteiger partial charge on any atom is -0.459 e. The molecule has 0 unspecified atom stereocenters. The molecular formula is C19H25N3O3. The van der Waals surface area contributed by atoms with E-state index in [9.17, 15) is 9.59 Å². The van der Waals surface area contributed by atoms with Crippen molar-refractivity contribution >= 4 is 11.8 Å². The van der Waals surface area contributed by atoms with Gasteiger partial charge in [-0.05, 0) is 45.6 Å². The van der Waals surface area contributed by atoms with Crippen LogP contribution in [0.4, 0.5) is 0 Å². The van der Waals surface area contributed by atoms with Gasteiger partial charge in [0.15, 0.2) is 5.76 Å². The third kappa shape index (κ3) is 4.93. The molecular weight excluding hydrogens is 318 g/mol. The molecule has 134 valence electrons. The van der Waals surface area contributed by atoms with E-state index in [2.05, 4.69) is 15.5 Å². The van der Waals surface area contributed by atoms with Crippen molar-refractivity contribution in [2.24, 2.45) is 0 Å². The summed E-state index contributed by atoms with van der Waals surface area (Å²) in [7, 11) is 3.95. The van der Waals surface area contributed by atoms with Gasteiger partial charge in [-0.3, -0.25) is 9.59 Å². The van der Waals surface area contributed by atoms with Crippen molar-refractivity contribution in [3.05, 3.63) is 60.1 Å². The quantitative estimate of drug-likeness (QED) is 0.808. The molecule has 3 atom stereocenters. The van der Waals surface area contributed by atoms with Crippen LogP contribution in [0.1, 0.15) is 36.0 Å². The number of nitrogens with zero attached hydrogens (tertiary/aromatic N) is 1. The van der Waals surface area contributed by atoms with Crippen molar-refractivity contribution in [2.75, 3.05) is 14.1 Å². The molecule has 2 aromatic rings. The zero-order chi connectivity index (χ0) is 18.4. The van der Waals surface area contributed by atoms with E-state index in [1.54, 1.807) is 19.1 Å². The minimum absolute atomic E-state index is 0.0260. The van der Waals surface area contributed by atoms with Crippen LogP contribution in [0.2, 0.25) is 0 Å². The van der Waals surface area contributed by atoms with Crippen LogP contribution in [0, 0.1) is 0 Å². The number of benzene rings is 1. The van der Waals surface area contributed by atoms with Crippen molar-refractivity contribution < 1.29 is 14.0 Å². The molecule has 1 heterocycles. The maximum Gasteiger partial charge on any atom is 0.287 e. The molecule has 0 saturated carbocycles. The van der Waals surface area contributed by atoms with Gasteiger partial charge in [0.1, 0.15) is 6.04 Å². The second kappa shape index (κ2) is 8.48. The highest BCUT2D eigenvalue weighted by atomic mass is 16.3. The molecule has 2 rings (SSSR count). The van der Waals surface area contributed by atoms with Gasteiger partial charge in [-0.2, -0.15) is 0 Å². The normalized spacial score (nSPS) is 14.6. The van der Waals surface area contributed by atoms with Gasteiger partial charge < -0.3 is 20.0 Å². The number of furan rings is 1. The molecule has 0 aliphatic carbocycles. The van der Waals surface area contributed by atoms with E-state index in [0.29, 0.717) is 0 Å². The van der Waals surface area contributed by atoms with Crippen LogP contribution in [0.5, 0.6) is 0 Å². The highest BCUT2D eigenvalue weighted by molar-refractivity contribution is 5.95. The molecule has 6 heteroatoms. The lowest BCUT2D eigenvalue weighted by Gasteiger charge is -2.31. The van der Waals surface area contributed by atoms with E-state index in [-0.39, 0.29) is 23.8 Å². The Morgan fingerprint density at radius 2 is 1.68 bits per heavy atom. The Morgan fingerprint density at radius 1 is 1.00 bits per heavy atom. The van der Waals surface area contributed by atoms with Crippen LogP contribution >= 0.6 is 0 Å². The van der Waals surface area contributed by atoms with Gasteiger partial charge in [0.25, 0.3) is 5.91 Å². The predicted octanol–water partition coefficient (Wildman–Crippen LogP) is 2.21. The fourth-order valence-corrected chi connectivity index (χ4v) is 2.85. The summed E-state index contributed by atoms with van der Waals surface area (Å²) in [5.41, 5.74) is 1.12. The van der Waals surface area contributed by atoms with Crippen molar-refractivity contribution in [1.29, 1.82) is 0 Å². The van der Waals surface area contributed by atoms with E-state index >= 15 is 0 Å². The first kappa shape index (κ1) is 18.7. The molecule has 6 nitrogen and oxygen atoms in total. The SMILES string of the molecule is C[C@H](NC(=O)c1ccco1)C(=O)N[C@H](C)[C@H](c1ccccc1)N(C)C. The molecule has 1 aromatic heterocycles. The molecule has 2 N–H and O–H groups in total. The minimum atomic E-state index is -0.668. The van der Waals surface area contributed by atoms with E-state index in [4.69, 9.17) is 4.42 Å². The number of rotatable bonds is 7. The lowest BCUT2D eigenvalue weighted by molar-refractivity contribution is -0.123. The molecule has 0 aliphatic rings. The van der Waals surface area contributed by atoms with Crippen LogP contribution < -0.4 is 10.6 Å². The summed E-state index contributed by atoms with van der Waals surface area (Å²) >= 11 is 0. The van der Waals surface area contributed by atoms with Crippen LogP contribution in [0.25, 0.3) is 0 Å². The monoisotopic (exact) mass is 343 g/mol. The highest BCUT2D eigenvalue weighted by Gasteiger charge is 2.25. The van der Waals surface area contributed by atoms with Gasteiger partial charge in [-0.1, -0.05) is 30.3 Å². The molecule has 2 amide bonds. The van der Waals surface area contributed by atoms with Gasteiger partial charge in [0, 0.05) is 6.04 Å². The summed E-state index contributed by atoms with van der Waals surface area (Å²) in [6.07, 6.45) is 1.42. The summed E-state index contributed by atoms with van der Waals surface area (Å²) in [4.78, 5) is 26.5. The number of carbonyl (C=O) groups excluding carboxylic acids is 2. The Balaban J connectivity index is 1.98. The van der Waals surface area contributed by atoms with Crippen LogP contribution in [-0.2, 0) is 4.79 Å². The molecule has 0 saturated heterocycles. The zero-order valence-corrected chi connectivity index (χ0v) is 15.0. The fraction of sp³-hybridized carbons (Fsp3) is 0.368. The lowest BCUT2D eigenvalue weighted by Crippen LogP contribution is -2.50.